The van der Waals surface area contributed by atoms with Crippen molar-refractivity contribution in [1.29, 1.82) is 5.26 Å². The molecule has 24 heavy (non-hydrogen) atoms. The normalized spacial score (nSPS) is 21.7. The average molecular weight is 342 g/mol. The number of thiol groups is 1. The number of carbonyl (C=O) groups excluding carboxylic acids is 1. The number of hydrogen-bond acceptors (Lipinski definition) is 6. The van der Waals surface area contributed by atoms with Gasteiger partial charge < -0.3 is 5.32 Å². The van der Waals surface area contributed by atoms with Gasteiger partial charge in [-0.1, -0.05) is 11.3 Å². The number of amides is 1. The largest absolute Gasteiger partial charge is 0.346 e. The van der Waals surface area contributed by atoms with Crippen LogP contribution in [0, 0.1) is 11.3 Å². The van der Waals surface area contributed by atoms with Crippen LogP contribution in [0.2, 0.25) is 0 Å². The fourth-order valence-corrected chi connectivity index (χ4v) is 3.20. The number of fused-ring (bicyclic) bond motifs is 1. The van der Waals surface area contributed by atoms with Gasteiger partial charge in [-0.25, -0.2) is 9.67 Å². The third kappa shape index (κ3) is 2.55. The summed E-state index contributed by atoms with van der Waals surface area (Å²) in [5.74, 6) is 0.277. The molecule has 0 bridgehead atoms. The molecule has 0 radical (unpaired) electrons. The Morgan fingerprint density at radius 3 is 2.75 bits per heavy atom. The summed E-state index contributed by atoms with van der Waals surface area (Å²) in [7, 11) is 0. The molecule has 0 fully saturated rings. The van der Waals surface area contributed by atoms with Gasteiger partial charge in [0.15, 0.2) is 0 Å². The quantitative estimate of drug-likeness (QED) is 0.820. The summed E-state index contributed by atoms with van der Waals surface area (Å²) in [5.41, 5.74) is 1.03. The topological polar surface area (TPSA) is 96.5 Å². The first kappa shape index (κ1) is 16.5. The van der Waals surface area contributed by atoms with Crippen molar-refractivity contribution in [2.24, 2.45) is 0 Å². The number of aromatic nitrogens is 4. The summed E-state index contributed by atoms with van der Waals surface area (Å²) in [6, 6.07) is 5.59. The summed E-state index contributed by atoms with van der Waals surface area (Å²) in [6.45, 7) is 5.67. The van der Waals surface area contributed by atoms with E-state index in [1.54, 1.807) is 16.9 Å². The van der Waals surface area contributed by atoms with Crippen molar-refractivity contribution in [2.75, 3.05) is 0 Å². The van der Waals surface area contributed by atoms with Crippen LogP contribution in [0.1, 0.15) is 43.4 Å². The van der Waals surface area contributed by atoms with E-state index in [-0.39, 0.29) is 5.91 Å². The molecule has 0 aliphatic carbocycles. The molecular formula is C16H18N6OS. The first-order valence-electron chi connectivity index (χ1n) is 7.55. The monoisotopic (exact) mass is 342 g/mol. The predicted octanol–water partition coefficient (Wildman–Crippen LogP) is 1.30. The van der Waals surface area contributed by atoms with Gasteiger partial charge in [0.1, 0.15) is 11.8 Å². The van der Waals surface area contributed by atoms with Crippen molar-refractivity contribution >= 4 is 18.5 Å². The molecule has 0 saturated carbocycles. The molecule has 3 heterocycles. The highest BCUT2D eigenvalue weighted by molar-refractivity contribution is 7.79. The Morgan fingerprint density at radius 2 is 2.12 bits per heavy atom. The Bertz CT molecular complexity index is 852. The second-order valence-electron chi connectivity index (χ2n) is 6.68. The van der Waals surface area contributed by atoms with Gasteiger partial charge in [0.2, 0.25) is 5.91 Å². The van der Waals surface area contributed by atoms with Gasteiger partial charge in [-0.05, 0) is 32.4 Å². The molecule has 0 saturated heterocycles. The molecule has 8 heteroatoms. The maximum Gasteiger partial charge on any atom is 0.233 e. The number of hydrogen-bond donors (Lipinski definition) is 2. The van der Waals surface area contributed by atoms with E-state index in [4.69, 9.17) is 0 Å². The van der Waals surface area contributed by atoms with E-state index in [9.17, 15) is 10.1 Å². The maximum atomic E-state index is 12.9. The van der Waals surface area contributed by atoms with Gasteiger partial charge in [0.25, 0.3) is 0 Å². The summed E-state index contributed by atoms with van der Waals surface area (Å²) in [5, 5.41) is 20.3. The van der Waals surface area contributed by atoms with E-state index >= 15 is 0 Å². The van der Waals surface area contributed by atoms with E-state index in [0.717, 1.165) is 5.56 Å². The molecule has 0 aromatic carbocycles. The second-order valence-corrected chi connectivity index (χ2v) is 6.97. The third-order valence-corrected chi connectivity index (χ3v) is 4.69. The molecule has 0 spiro atoms. The summed E-state index contributed by atoms with van der Waals surface area (Å²) in [4.78, 5) is 17.3. The van der Waals surface area contributed by atoms with Crippen LogP contribution >= 0.6 is 12.6 Å². The molecule has 1 atom stereocenters. The second kappa shape index (κ2) is 5.60. The summed E-state index contributed by atoms with van der Waals surface area (Å²) < 4.78 is 1.59. The number of nitrogens with one attached hydrogen (secondary N) is 1. The van der Waals surface area contributed by atoms with Crippen LogP contribution in [0.15, 0.2) is 18.3 Å². The minimum absolute atomic E-state index is 0.136. The Kier molecular flexibility index (Phi) is 3.84. The predicted molar refractivity (Wildman–Crippen MR) is 90.2 cm³/mol. The molecule has 124 valence electrons. The lowest BCUT2D eigenvalue weighted by Crippen LogP contribution is -2.57. The third-order valence-electron chi connectivity index (χ3n) is 4.40. The van der Waals surface area contributed by atoms with E-state index in [1.807, 2.05) is 32.9 Å². The van der Waals surface area contributed by atoms with Crippen LogP contribution < -0.4 is 5.32 Å². The zero-order valence-corrected chi connectivity index (χ0v) is 14.6. The van der Waals surface area contributed by atoms with Crippen LogP contribution in [-0.4, -0.2) is 25.9 Å². The standard InChI is InChI=1S/C16H18N6OS/c1-15(2)12-5-4-10(7-17)18-13(12)16(3,14(23)19-15)6-11-8-22(9-24)21-20-11/h4-5,8,24H,6,9H2,1-3H3,(H,19,23). The molecule has 1 N–H and O–H groups in total. The van der Waals surface area contributed by atoms with Crippen LogP contribution in [0.25, 0.3) is 0 Å². The molecule has 2 aromatic heterocycles. The number of carbonyl (C=O) groups is 1. The van der Waals surface area contributed by atoms with E-state index in [0.29, 0.717) is 29.4 Å². The van der Waals surface area contributed by atoms with Gasteiger partial charge in [0, 0.05) is 12.6 Å². The maximum absolute atomic E-state index is 12.9. The molecule has 3 rings (SSSR count). The SMILES string of the molecule is CC1(C)NC(=O)C(C)(Cc2cn(CS)nn2)c2nc(C#N)ccc21. The minimum atomic E-state index is -0.921. The highest BCUT2D eigenvalue weighted by atomic mass is 32.1. The lowest BCUT2D eigenvalue weighted by molar-refractivity contribution is -0.129. The van der Waals surface area contributed by atoms with Gasteiger partial charge in [-0.15, -0.1) is 5.10 Å². The molecule has 2 aromatic rings. The highest BCUT2D eigenvalue weighted by Gasteiger charge is 2.48. The Morgan fingerprint density at radius 1 is 1.38 bits per heavy atom. The molecule has 1 unspecified atom stereocenters. The van der Waals surface area contributed by atoms with Crippen LogP contribution in [0.4, 0.5) is 0 Å². The minimum Gasteiger partial charge on any atom is -0.346 e. The number of rotatable bonds is 3. The number of pyridine rings is 1. The van der Waals surface area contributed by atoms with Crippen molar-refractivity contribution in [1.82, 2.24) is 25.3 Å². The van der Waals surface area contributed by atoms with E-state index in [2.05, 4.69) is 33.2 Å². The van der Waals surface area contributed by atoms with E-state index in [1.165, 1.54) is 0 Å². The lowest BCUT2D eigenvalue weighted by atomic mass is 9.71. The molecule has 1 aliphatic heterocycles. The van der Waals surface area contributed by atoms with Crippen molar-refractivity contribution < 1.29 is 4.79 Å². The van der Waals surface area contributed by atoms with Crippen LogP contribution in [-0.2, 0) is 28.0 Å². The molecular weight excluding hydrogens is 324 g/mol. The van der Waals surface area contributed by atoms with Crippen LogP contribution in [0.5, 0.6) is 0 Å². The van der Waals surface area contributed by atoms with Crippen molar-refractivity contribution in [3.8, 4) is 6.07 Å². The Hall–Kier alpha value is -2.40. The fraction of sp³-hybridized carbons (Fsp3) is 0.438. The zero-order valence-electron chi connectivity index (χ0n) is 13.7. The smallest absolute Gasteiger partial charge is 0.233 e. The van der Waals surface area contributed by atoms with Crippen molar-refractivity contribution in [3.05, 3.63) is 41.0 Å². The van der Waals surface area contributed by atoms with Gasteiger partial charge in [0.05, 0.1) is 28.2 Å². The van der Waals surface area contributed by atoms with Gasteiger partial charge in [-0.2, -0.15) is 17.9 Å². The fourth-order valence-electron chi connectivity index (χ4n) is 3.06. The lowest BCUT2D eigenvalue weighted by Gasteiger charge is -2.42. The van der Waals surface area contributed by atoms with Crippen LogP contribution in [0.3, 0.4) is 0 Å². The first-order valence-corrected chi connectivity index (χ1v) is 8.18. The van der Waals surface area contributed by atoms with Crippen molar-refractivity contribution in [3.63, 3.8) is 0 Å². The van der Waals surface area contributed by atoms with Gasteiger partial charge >= 0.3 is 0 Å². The highest BCUT2D eigenvalue weighted by Crippen LogP contribution is 2.39. The Labute approximate surface area is 145 Å². The zero-order chi connectivity index (χ0) is 17.5. The Balaban J connectivity index is 2.13. The van der Waals surface area contributed by atoms with Crippen molar-refractivity contribution in [2.45, 2.75) is 44.0 Å². The summed E-state index contributed by atoms with van der Waals surface area (Å²) >= 11 is 4.15. The summed E-state index contributed by atoms with van der Waals surface area (Å²) in [6.07, 6.45) is 2.11. The number of nitriles is 1. The van der Waals surface area contributed by atoms with E-state index < -0.39 is 11.0 Å². The molecule has 1 aliphatic rings. The van der Waals surface area contributed by atoms with Gasteiger partial charge in [-0.3, -0.25) is 4.79 Å². The average Bonchev–Trinajstić information content (AvgIpc) is 3.00. The molecule has 7 nitrogen and oxygen atoms in total. The first-order chi connectivity index (χ1) is 11.3. The number of nitrogens with zero attached hydrogens (tertiary/aromatic N) is 5. The molecule has 1 amide bonds.